The Kier molecular flexibility index (Phi) is 3.48. The van der Waals surface area contributed by atoms with E-state index in [2.05, 4.69) is 55.0 Å². The highest BCUT2D eigenvalue weighted by Crippen LogP contribution is 2.31. The van der Waals surface area contributed by atoms with E-state index < -0.39 is 0 Å². The van der Waals surface area contributed by atoms with Crippen LogP contribution in [-0.2, 0) is 0 Å². The number of hydrogen-bond acceptors (Lipinski definition) is 3. The summed E-state index contributed by atoms with van der Waals surface area (Å²) in [6, 6.07) is 10.4. The van der Waals surface area contributed by atoms with Gasteiger partial charge in [0.05, 0.1) is 0 Å². The maximum atomic E-state index is 6.26. The molecule has 3 aromatic rings. The summed E-state index contributed by atoms with van der Waals surface area (Å²) < 4.78 is 0. The Bertz CT molecular complexity index is 760. The van der Waals surface area contributed by atoms with Crippen LogP contribution in [0.4, 0.5) is 0 Å². The number of thiophene rings is 1. The van der Waals surface area contributed by atoms with Gasteiger partial charge in [-0.1, -0.05) is 49.7 Å². The van der Waals surface area contributed by atoms with Crippen molar-refractivity contribution in [2.24, 2.45) is 0 Å². The van der Waals surface area contributed by atoms with E-state index in [9.17, 15) is 0 Å². The SMILES string of the molecule is Cc1cc2c(Cl)nc(-c3ccc(C(C)C)cc3)nc2s1. The van der Waals surface area contributed by atoms with Crippen molar-refractivity contribution in [2.45, 2.75) is 26.7 Å². The van der Waals surface area contributed by atoms with Gasteiger partial charge in [0.15, 0.2) is 5.82 Å². The lowest BCUT2D eigenvalue weighted by Crippen LogP contribution is -1.91. The van der Waals surface area contributed by atoms with Crippen LogP contribution in [0.15, 0.2) is 30.3 Å². The molecule has 0 unspecified atom stereocenters. The largest absolute Gasteiger partial charge is 0.217 e. The summed E-state index contributed by atoms with van der Waals surface area (Å²) >= 11 is 7.91. The summed E-state index contributed by atoms with van der Waals surface area (Å²) in [6.45, 7) is 6.42. The maximum Gasteiger partial charge on any atom is 0.162 e. The topological polar surface area (TPSA) is 25.8 Å². The zero-order valence-corrected chi connectivity index (χ0v) is 13.2. The second-order valence-corrected chi connectivity index (χ2v) is 6.78. The van der Waals surface area contributed by atoms with Crippen LogP contribution in [0.5, 0.6) is 0 Å². The van der Waals surface area contributed by atoms with E-state index in [1.165, 1.54) is 10.4 Å². The summed E-state index contributed by atoms with van der Waals surface area (Å²) in [7, 11) is 0. The molecule has 0 radical (unpaired) electrons. The Morgan fingerprint density at radius 3 is 2.45 bits per heavy atom. The Balaban J connectivity index is 2.09. The van der Waals surface area contributed by atoms with Crippen LogP contribution in [0.3, 0.4) is 0 Å². The normalized spacial score (nSPS) is 11.4. The van der Waals surface area contributed by atoms with Crippen LogP contribution >= 0.6 is 22.9 Å². The molecule has 0 atom stereocenters. The Morgan fingerprint density at radius 1 is 1.10 bits per heavy atom. The first-order valence-corrected chi connectivity index (χ1v) is 7.78. The van der Waals surface area contributed by atoms with Gasteiger partial charge in [-0.25, -0.2) is 9.97 Å². The van der Waals surface area contributed by atoms with Crippen LogP contribution in [0, 0.1) is 6.92 Å². The molecule has 0 saturated heterocycles. The van der Waals surface area contributed by atoms with Gasteiger partial charge >= 0.3 is 0 Å². The molecule has 0 aliphatic carbocycles. The fraction of sp³-hybridized carbons (Fsp3) is 0.250. The third-order valence-electron chi connectivity index (χ3n) is 3.30. The van der Waals surface area contributed by atoms with E-state index in [1.54, 1.807) is 11.3 Å². The molecule has 3 rings (SSSR count). The predicted molar refractivity (Wildman–Crippen MR) is 86.7 cm³/mol. The van der Waals surface area contributed by atoms with Crippen LogP contribution < -0.4 is 0 Å². The molecule has 0 saturated carbocycles. The molecule has 0 fully saturated rings. The van der Waals surface area contributed by atoms with Gasteiger partial charge in [-0.15, -0.1) is 11.3 Å². The summed E-state index contributed by atoms with van der Waals surface area (Å²) in [5.41, 5.74) is 2.32. The Hall–Kier alpha value is -1.45. The molecule has 4 heteroatoms. The monoisotopic (exact) mass is 302 g/mol. The summed E-state index contributed by atoms with van der Waals surface area (Å²) in [6.07, 6.45) is 0. The fourth-order valence-electron chi connectivity index (χ4n) is 2.15. The second kappa shape index (κ2) is 5.15. The number of benzene rings is 1. The minimum absolute atomic E-state index is 0.524. The number of nitrogens with zero attached hydrogens (tertiary/aromatic N) is 2. The first-order valence-electron chi connectivity index (χ1n) is 6.58. The van der Waals surface area contributed by atoms with Gasteiger partial charge in [0, 0.05) is 15.8 Å². The Morgan fingerprint density at radius 2 is 1.80 bits per heavy atom. The Labute approximate surface area is 127 Å². The third kappa shape index (κ3) is 2.43. The standard InChI is InChI=1S/C16H15ClN2S/c1-9(2)11-4-6-12(7-5-11)15-18-14(17)13-8-10(3)20-16(13)19-15/h4-9H,1-3H3. The van der Waals surface area contributed by atoms with Crippen LogP contribution in [0.1, 0.15) is 30.2 Å². The second-order valence-electron chi connectivity index (χ2n) is 5.19. The van der Waals surface area contributed by atoms with Gasteiger partial charge in [-0.05, 0) is 24.5 Å². The quantitative estimate of drug-likeness (QED) is 0.589. The first kappa shape index (κ1) is 13.5. The summed E-state index contributed by atoms with van der Waals surface area (Å²) in [5.74, 6) is 1.22. The third-order valence-corrected chi connectivity index (χ3v) is 4.54. The average Bonchev–Trinajstić information content (AvgIpc) is 2.80. The number of rotatable bonds is 2. The lowest BCUT2D eigenvalue weighted by molar-refractivity contribution is 0.867. The zero-order valence-electron chi connectivity index (χ0n) is 11.6. The molecular formula is C16H15ClN2S. The van der Waals surface area contributed by atoms with E-state index in [1.807, 2.05) is 6.07 Å². The molecule has 0 bridgehead atoms. The van der Waals surface area contributed by atoms with Crippen LogP contribution in [-0.4, -0.2) is 9.97 Å². The number of fused-ring (bicyclic) bond motifs is 1. The van der Waals surface area contributed by atoms with E-state index in [0.717, 1.165) is 15.8 Å². The van der Waals surface area contributed by atoms with Crippen molar-refractivity contribution in [3.63, 3.8) is 0 Å². The minimum atomic E-state index is 0.524. The van der Waals surface area contributed by atoms with Crippen molar-refractivity contribution in [1.82, 2.24) is 9.97 Å². The molecule has 1 aromatic carbocycles. The van der Waals surface area contributed by atoms with Crippen molar-refractivity contribution in [3.8, 4) is 11.4 Å². The van der Waals surface area contributed by atoms with Gasteiger partial charge in [0.25, 0.3) is 0 Å². The van der Waals surface area contributed by atoms with Gasteiger partial charge in [-0.3, -0.25) is 0 Å². The fourth-order valence-corrected chi connectivity index (χ4v) is 3.31. The average molecular weight is 303 g/mol. The molecule has 0 aliphatic heterocycles. The number of aromatic nitrogens is 2. The molecule has 0 aliphatic rings. The van der Waals surface area contributed by atoms with E-state index in [4.69, 9.17) is 11.6 Å². The van der Waals surface area contributed by atoms with E-state index in [0.29, 0.717) is 16.9 Å². The molecule has 20 heavy (non-hydrogen) atoms. The van der Waals surface area contributed by atoms with E-state index in [-0.39, 0.29) is 0 Å². The molecule has 0 amide bonds. The van der Waals surface area contributed by atoms with Crippen molar-refractivity contribution in [1.29, 1.82) is 0 Å². The molecule has 2 aromatic heterocycles. The zero-order chi connectivity index (χ0) is 14.3. The van der Waals surface area contributed by atoms with Crippen molar-refractivity contribution >= 4 is 33.2 Å². The van der Waals surface area contributed by atoms with Gasteiger partial charge < -0.3 is 0 Å². The predicted octanol–water partition coefficient (Wildman–Crippen LogP) is 5.44. The molecule has 0 N–H and O–H groups in total. The number of aryl methyl sites for hydroxylation is 1. The first-order chi connectivity index (χ1) is 9.54. The summed E-state index contributed by atoms with van der Waals surface area (Å²) in [4.78, 5) is 11.2. The van der Waals surface area contributed by atoms with Crippen molar-refractivity contribution in [2.75, 3.05) is 0 Å². The lowest BCUT2D eigenvalue weighted by Gasteiger charge is -2.06. The van der Waals surface area contributed by atoms with Gasteiger partial charge in [0.1, 0.15) is 9.98 Å². The highest BCUT2D eigenvalue weighted by molar-refractivity contribution is 7.18. The molecule has 2 nitrogen and oxygen atoms in total. The van der Waals surface area contributed by atoms with Crippen molar-refractivity contribution in [3.05, 3.63) is 45.9 Å². The minimum Gasteiger partial charge on any atom is -0.217 e. The lowest BCUT2D eigenvalue weighted by atomic mass is 10.0. The smallest absolute Gasteiger partial charge is 0.162 e. The van der Waals surface area contributed by atoms with Crippen LogP contribution in [0.2, 0.25) is 5.15 Å². The molecule has 0 spiro atoms. The molecule has 102 valence electrons. The van der Waals surface area contributed by atoms with Gasteiger partial charge in [-0.2, -0.15) is 0 Å². The summed E-state index contributed by atoms with van der Waals surface area (Å²) in [5, 5.41) is 1.47. The van der Waals surface area contributed by atoms with Crippen molar-refractivity contribution < 1.29 is 0 Å². The van der Waals surface area contributed by atoms with Crippen LogP contribution in [0.25, 0.3) is 21.6 Å². The van der Waals surface area contributed by atoms with Gasteiger partial charge in [0.2, 0.25) is 0 Å². The highest BCUT2D eigenvalue weighted by Gasteiger charge is 2.10. The number of halogens is 1. The number of hydrogen-bond donors (Lipinski definition) is 0. The maximum absolute atomic E-state index is 6.26. The van der Waals surface area contributed by atoms with E-state index >= 15 is 0 Å². The highest BCUT2D eigenvalue weighted by atomic mass is 35.5. The molecular weight excluding hydrogens is 288 g/mol. The molecule has 2 heterocycles.